The van der Waals surface area contributed by atoms with Gasteiger partial charge in [0.25, 0.3) is 0 Å². The van der Waals surface area contributed by atoms with Gasteiger partial charge in [-0.15, -0.1) is 0 Å². The lowest BCUT2D eigenvalue weighted by atomic mass is 10.0. The van der Waals surface area contributed by atoms with E-state index in [0.717, 1.165) is 31.3 Å². The van der Waals surface area contributed by atoms with Crippen LogP contribution in [0.1, 0.15) is 30.6 Å². The average molecular weight is 282 g/mol. The monoisotopic (exact) mass is 282 g/mol. The topological polar surface area (TPSA) is 28.4 Å². The molecule has 1 aromatic carbocycles. The van der Waals surface area contributed by atoms with Crippen LogP contribution in [0.15, 0.2) is 47.1 Å². The first-order valence-electron chi connectivity index (χ1n) is 8.00. The molecule has 1 atom stereocenters. The summed E-state index contributed by atoms with van der Waals surface area (Å²) in [7, 11) is 0. The first kappa shape index (κ1) is 13.0. The summed E-state index contributed by atoms with van der Waals surface area (Å²) in [4.78, 5) is 2.65. The minimum atomic E-state index is 0.593. The molecule has 1 unspecified atom stereocenters. The first-order chi connectivity index (χ1) is 10.4. The molecule has 110 valence electrons. The Morgan fingerprint density at radius 1 is 1.05 bits per heavy atom. The Kier molecular flexibility index (Phi) is 3.44. The molecule has 4 rings (SSSR count). The lowest BCUT2D eigenvalue weighted by Gasteiger charge is -2.30. The molecule has 0 radical (unpaired) electrons. The number of nitrogens with zero attached hydrogens (tertiary/aromatic N) is 1. The van der Waals surface area contributed by atoms with Crippen LogP contribution in [0.4, 0.5) is 5.69 Å². The summed E-state index contributed by atoms with van der Waals surface area (Å²) in [5.41, 5.74) is 2.77. The highest BCUT2D eigenvalue weighted by Crippen LogP contribution is 2.33. The summed E-state index contributed by atoms with van der Waals surface area (Å²) in [6.07, 6.45) is 6.84. The van der Waals surface area contributed by atoms with E-state index in [-0.39, 0.29) is 0 Å². The molecule has 21 heavy (non-hydrogen) atoms. The fourth-order valence-electron chi connectivity index (χ4n) is 3.39. The first-order valence-corrected chi connectivity index (χ1v) is 8.00. The number of rotatable bonds is 4. The maximum absolute atomic E-state index is 5.56. The summed E-state index contributed by atoms with van der Waals surface area (Å²) < 4.78 is 5.56. The van der Waals surface area contributed by atoms with E-state index in [1.165, 1.54) is 30.5 Å². The zero-order valence-electron chi connectivity index (χ0n) is 12.3. The molecule has 2 heterocycles. The van der Waals surface area contributed by atoms with E-state index in [2.05, 4.69) is 40.5 Å². The quantitative estimate of drug-likeness (QED) is 0.927. The van der Waals surface area contributed by atoms with Gasteiger partial charge in [0.2, 0.25) is 0 Å². The Balaban J connectivity index is 1.49. The molecule has 3 nitrogen and oxygen atoms in total. The smallest absolute Gasteiger partial charge is 0.117 e. The largest absolute Gasteiger partial charge is 0.468 e. The molecule has 0 bridgehead atoms. The van der Waals surface area contributed by atoms with Gasteiger partial charge in [0.15, 0.2) is 0 Å². The molecule has 2 aliphatic rings. The van der Waals surface area contributed by atoms with Crippen molar-refractivity contribution >= 4 is 5.69 Å². The number of nitrogens with one attached hydrogen (secondary N) is 1. The van der Waals surface area contributed by atoms with Crippen LogP contribution in [0.3, 0.4) is 0 Å². The SMILES string of the molecule is c1coc(CN(C2CC2)C2CCc3ccccc3NC2)c1. The van der Waals surface area contributed by atoms with Crippen LogP contribution in [0.2, 0.25) is 0 Å². The van der Waals surface area contributed by atoms with Gasteiger partial charge < -0.3 is 9.73 Å². The average Bonchev–Trinajstić information content (AvgIpc) is 3.27. The van der Waals surface area contributed by atoms with Crippen molar-refractivity contribution in [1.29, 1.82) is 0 Å². The van der Waals surface area contributed by atoms with Gasteiger partial charge in [0, 0.05) is 24.3 Å². The summed E-state index contributed by atoms with van der Waals surface area (Å²) in [5.74, 6) is 1.09. The maximum Gasteiger partial charge on any atom is 0.117 e. The van der Waals surface area contributed by atoms with Gasteiger partial charge in [-0.3, -0.25) is 4.90 Å². The second-order valence-corrected chi connectivity index (χ2v) is 6.21. The van der Waals surface area contributed by atoms with Gasteiger partial charge in [-0.25, -0.2) is 0 Å². The molecule has 0 saturated heterocycles. The third kappa shape index (κ3) is 2.84. The van der Waals surface area contributed by atoms with Crippen LogP contribution in [0.5, 0.6) is 0 Å². The summed E-state index contributed by atoms with van der Waals surface area (Å²) in [6.45, 7) is 1.98. The number of furan rings is 1. The number of benzene rings is 1. The molecular weight excluding hydrogens is 260 g/mol. The number of hydrogen-bond acceptors (Lipinski definition) is 3. The molecule has 1 aromatic heterocycles. The van der Waals surface area contributed by atoms with Crippen molar-refractivity contribution in [3.05, 3.63) is 54.0 Å². The zero-order valence-corrected chi connectivity index (χ0v) is 12.3. The van der Waals surface area contributed by atoms with Gasteiger partial charge >= 0.3 is 0 Å². The minimum Gasteiger partial charge on any atom is -0.468 e. The van der Waals surface area contributed by atoms with E-state index in [4.69, 9.17) is 4.42 Å². The van der Waals surface area contributed by atoms with E-state index < -0.39 is 0 Å². The van der Waals surface area contributed by atoms with E-state index >= 15 is 0 Å². The molecule has 1 aliphatic carbocycles. The van der Waals surface area contributed by atoms with Crippen molar-refractivity contribution in [1.82, 2.24) is 4.90 Å². The highest BCUT2D eigenvalue weighted by atomic mass is 16.3. The predicted octanol–water partition coefficient (Wildman–Crippen LogP) is 3.67. The van der Waals surface area contributed by atoms with Gasteiger partial charge in [-0.1, -0.05) is 18.2 Å². The van der Waals surface area contributed by atoms with Gasteiger partial charge in [0.1, 0.15) is 5.76 Å². The number of anilines is 1. The normalized spacial score (nSPS) is 21.7. The minimum absolute atomic E-state index is 0.593. The van der Waals surface area contributed by atoms with Crippen molar-refractivity contribution in [3.8, 4) is 0 Å². The lowest BCUT2D eigenvalue weighted by molar-refractivity contribution is 0.164. The van der Waals surface area contributed by atoms with Gasteiger partial charge in [-0.05, 0) is 49.4 Å². The highest BCUT2D eigenvalue weighted by molar-refractivity contribution is 5.52. The Labute approximate surface area is 126 Å². The maximum atomic E-state index is 5.56. The van der Waals surface area contributed by atoms with Crippen LogP contribution in [-0.2, 0) is 13.0 Å². The highest BCUT2D eigenvalue weighted by Gasteiger charge is 2.34. The Morgan fingerprint density at radius 2 is 1.95 bits per heavy atom. The second kappa shape index (κ2) is 5.57. The Morgan fingerprint density at radius 3 is 2.76 bits per heavy atom. The molecule has 0 spiro atoms. The van der Waals surface area contributed by atoms with E-state index in [9.17, 15) is 0 Å². The van der Waals surface area contributed by atoms with Gasteiger partial charge in [-0.2, -0.15) is 0 Å². The third-order valence-corrected chi connectivity index (χ3v) is 4.70. The van der Waals surface area contributed by atoms with Crippen molar-refractivity contribution in [2.45, 2.75) is 44.3 Å². The van der Waals surface area contributed by atoms with Crippen molar-refractivity contribution in [2.75, 3.05) is 11.9 Å². The fourth-order valence-corrected chi connectivity index (χ4v) is 3.39. The molecule has 0 amide bonds. The number of fused-ring (bicyclic) bond motifs is 1. The third-order valence-electron chi connectivity index (χ3n) is 4.70. The molecule has 1 aliphatic heterocycles. The molecule has 1 fully saturated rings. The predicted molar refractivity (Wildman–Crippen MR) is 84.3 cm³/mol. The van der Waals surface area contributed by atoms with Crippen molar-refractivity contribution in [3.63, 3.8) is 0 Å². The number of hydrogen-bond donors (Lipinski definition) is 1. The Bertz CT molecular complexity index is 562. The van der Waals surface area contributed by atoms with Crippen molar-refractivity contribution in [2.24, 2.45) is 0 Å². The van der Waals surface area contributed by atoms with Crippen LogP contribution in [-0.4, -0.2) is 23.5 Å². The summed E-state index contributed by atoms with van der Waals surface area (Å²) in [6, 6.07) is 14.1. The van der Waals surface area contributed by atoms with E-state index in [0.29, 0.717) is 6.04 Å². The van der Waals surface area contributed by atoms with Crippen LogP contribution >= 0.6 is 0 Å². The number of aryl methyl sites for hydroxylation is 1. The van der Waals surface area contributed by atoms with Crippen LogP contribution < -0.4 is 5.32 Å². The van der Waals surface area contributed by atoms with Crippen LogP contribution in [0.25, 0.3) is 0 Å². The van der Waals surface area contributed by atoms with E-state index in [1.807, 2.05) is 6.07 Å². The molecule has 3 heteroatoms. The fraction of sp³-hybridized carbons (Fsp3) is 0.444. The molecular formula is C18H22N2O. The number of para-hydroxylation sites is 1. The molecule has 1 saturated carbocycles. The lowest BCUT2D eigenvalue weighted by Crippen LogP contribution is -2.40. The summed E-state index contributed by atoms with van der Waals surface area (Å²) >= 11 is 0. The van der Waals surface area contributed by atoms with Crippen LogP contribution in [0, 0.1) is 0 Å². The molecule has 1 N–H and O–H groups in total. The van der Waals surface area contributed by atoms with Crippen molar-refractivity contribution < 1.29 is 4.42 Å². The Hall–Kier alpha value is -1.74. The standard InChI is InChI=1S/C18H22N2O/c1-2-6-18-14(4-1)7-8-16(12-19-18)20(15-9-10-15)13-17-5-3-11-21-17/h1-6,11,15-16,19H,7-10,12-13H2. The van der Waals surface area contributed by atoms with E-state index in [1.54, 1.807) is 6.26 Å². The zero-order chi connectivity index (χ0) is 14.1. The summed E-state index contributed by atoms with van der Waals surface area (Å²) in [5, 5.41) is 3.65. The van der Waals surface area contributed by atoms with Gasteiger partial charge in [0.05, 0.1) is 12.8 Å². The molecule has 2 aromatic rings. The second-order valence-electron chi connectivity index (χ2n) is 6.21.